The van der Waals surface area contributed by atoms with Crippen LogP contribution in [0.2, 0.25) is 0 Å². The summed E-state index contributed by atoms with van der Waals surface area (Å²) in [5, 5.41) is 2.69. The van der Waals surface area contributed by atoms with Gasteiger partial charge in [-0.2, -0.15) is 13.2 Å². The number of fused-ring (bicyclic) bond motifs is 1. The van der Waals surface area contributed by atoms with Gasteiger partial charge in [0.2, 0.25) is 0 Å². The number of hydrogen-bond donors (Lipinski definition) is 1. The second-order valence-corrected chi connectivity index (χ2v) is 9.01. The number of aryl methyl sites for hydroxylation is 1. The molecular formula is C29H23F3N2O3. The highest BCUT2D eigenvalue weighted by molar-refractivity contribution is 6.04. The molecule has 1 aromatic heterocycles. The molecule has 0 saturated carbocycles. The highest BCUT2D eigenvalue weighted by Gasteiger charge is 2.30. The fourth-order valence-corrected chi connectivity index (χ4v) is 4.26. The Morgan fingerprint density at radius 2 is 1.54 bits per heavy atom. The molecule has 4 aromatic rings. The summed E-state index contributed by atoms with van der Waals surface area (Å²) in [7, 11) is 0. The maximum Gasteiger partial charge on any atom is 0.416 e. The van der Waals surface area contributed by atoms with Gasteiger partial charge in [-0.1, -0.05) is 17.7 Å². The predicted octanol–water partition coefficient (Wildman–Crippen LogP) is 6.72. The van der Waals surface area contributed by atoms with E-state index in [1.165, 1.54) is 0 Å². The van der Waals surface area contributed by atoms with Crippen LogP contribution < -0.4 is 5.32 Å². The van der Waals surface area contributed by atoms with Gasteiger partial charge in [-0.25, -0.2) is 0 Å². The molecule has 0 unspecified atom stereocenters. The lowest BCUT2D eigenvalue weighted by Crippen LogP contribution is -2.35. The fourth-order valence-electron chi connectivity index (χ4n) is 4.26. The minimum Gasteiger partial charge on any atom is -0.461 e. The van der Waals surface area contributed by atoms with Crippen LogP contribution in [0.4, 0.5) is 18.9 Å². The second-order valence-electron chi connectivity index (χ2n) is 9.01. The number of alkyl halides is 3. The summed E-state index contributed by atoms with van der Waals surface area (Å²) < 4.78 is 44.2. The molecule has 1 aliphatic heterocycles. The minimum absolute atomic E-state index is 0.0125. The molecule has 1 aliphatic rings. The Morgan fingerprint density at radius 3 is 2.19 bits per heavy atom. The number of halogens is 3. The third-order valence-corrected chi connectivity index (χ3v) is 6.35. The third-order valence-electron chi connectivity index (χ3n) is 6.35. The average Bonchev–Trinajstić information content (AvgIpc) is 3.32. The van der Waals surface area contributed by atoms with Gasteiger partial charge in [0.1, 0.15) is 11.5 Å². The molecular weight excluding hydrogens is 481 g/mol. The highest BCUT2D eigenvalue weighted by Crippen LogP contribution is 2.31. The lowest BCUT2D eigenvalue weighted by molar-refractivity contribution is -0.137. The molecule has 1 N–H and O–H groups in total. The molecule has 0 aliphatic carbocycles. The van der Waals surface area contributed by atoms with E-state index >= 15 is 0 Å². The van der Waals surface area contributed by atoms with Crippen molar-refractivity contribution in [1.82, 2.24) is 4.90 Å². The number of nitrogens with zero attached hydrogens (tertiary/aromatic N) is 1. The SMILES string of the molecule is Cc1ccc(C(=O)N2CCc3oc(-c4ccc(NC(=O)c5ccc(C(F)(F)F)cc5)cc4)cc3C2)cc1. The molecule has 2 amide bonds. The minimum atomic E-state index is -4.45. The number of carbonyl (C=O) groups excluding carboxylic acids is 2. The lowest BCUT2D eigenvalue weighted by Gasteiger charge is -2.26. The highest BCUT2D eigenvalue weighted by atomic mass is 19.4. The quantitative estimate of drug-likeness (QED) is 0.335. The van der Waals surface area contributed by atoms with Crippen LogP contribution >= 0.6 is 0 Å². The van der Waals surface area contributed by atoms with Crippen LogP contribution in [0, 0.1) is 6.92 Å². The molecule has 0 spiro atoms. The largest absolute Gasteiger partial charge is 0.461 e. The van der Waals surface area contributed by atoms with Crippen molar-refractivity contribution in [1.29, 1.82) is 0 Å². The maximum atomic E-state index is 12.9. The lowest BCUT2D eigenvalue weighted by atomic mass is 10.1. The van der Waals surface area contributed by atoms with E-state index in [4.69, 9.17) is 4.42 Å². The van der Waals surface area contributed by atoms with Crippen molar-refractivity contribution in [3.05, 3.63) is 112 Å². The van der Waals surface area contributed by atoms with Crippen molar-refractivity contribution in [2.24, 2.45) is 0 Å². The summed E-state index contributed by atoms with van der Waals surface area (Å²) in [5.74, 6) is 0.993. The van der Waals surface area contributed by atoms with Crippen LogP contribution in [0.5, 0.6) is 0 Å². The van der Waals surface area contributed by atoms with E-state index < -0.39 is 17.6 Å². The van der Waals surface area contributed by atoms with Gasteiger partial charge in [0.05, 0.1) is 5.56 Å². The van der Waals surface area contributed by atoms with E-state index in [-0.39, 0.29) is 11.5 Å². The van der Waals surface area contributed by atoms with Gasteiger partial charge < -0.3 is 14.6 Å². The van der Waals surface area contributed by atoms with Gasteiger partial charge in [-0.05, 0) is 73.7 Å². The Labute approximate surface area is 211 Å². The van der Waals surface area contributed by atoms with Crippen molar-refractivity contribution in [3.63, 3.8) is 0 Å². The van der Waals surface area contributed by atoms with Gasteiger partial charge >= 0.3 is 6.18 Å². The maximum absolute atomic E-state index is 12.9. The summed E-state index contributed by atoms with van der Waals surface area (Å²) in [4.78, 5) is 27.1. The van der Waals surface area contributed by atoms with Gasteiger partial charge in [0.15, 0.2) is 0 Å². The molecule has 5 rings (SSSR count). The van der Waals surface area contributed by atoms with Crippen LogP contribution in [-0.2, 0) is 19.1 Å². The Balaban J connectivity index is 1.25. The van der Waals surface area contributed by atoms with Crippen LogP contribution in [0.25, 0.3) is 11.3 Å². The molecule has 5 nitrogen and oxygen atoms in total. The summed E-state index contributed by atoms with van der Waals surface area (Å²) >= 11 is 0. The molecule has 2 heterocycles. The van der Waals surface area contributed by atoms with E-state index in [1.807, 2.05) is 42.2 Å². The zero-order valence-electron chi connectivity index (χ0n) is 19.9. The molecule has 0 radical (unpaired) electrons. The Hall–Kier alpha value is -4.33. The number of hydrogen-bond acceptors (Lipinski definition) is 3. The van der Waals surface area contributed by atoms with Crippen LogP contribution in [-0.4, -0.2) is 23.3 Å². The number of nitrogens with one attached hydrogen (secondary N) is 1. The van der Waals surface area contributed by atoms with Crippen LogP contribution in [0.15, 0.2) is 83.3 Å². The molecule has 3 aromatic carbocycles. The molecule has 8 heteroatoms. The second kappa shape index (κ2) is 9.61. The van der Waals surface area contributed by atoms with E-state index in [9.17, 15) is 22.8 Å². The fraction of sp³-hybridized carbons (Fsp3) is 0.172. The summed E-state index contributed by atoms with van der Waals surface area (Å²) in [5.41, 5.74) is 3.34. The van der Waals surface area contributed by atoms with Crippen molar-refractivity contribution < 1.29 is 27.2 Å². The van der Waals surface area contributed by atoms with Gasteiger partial charge in [-0.15, -0.1) is 0 Å². The first-order valence-corrected chi connectivity index (χ1v) is 11.7. The molecule has 188 valence electrons. The Kier molecular flexibility index (Phi) is 6.33. The van der Waals surface area contributed by atoms with E-state index in [2.05, 4.69) is 5.32 Å². The summed E-state index contributed by atoms with van der Waals surface area (Å²) in [6, 6.07) is 20.5. The molecule has 0 bridgehead atoms. The van der Waals surface area contributed by atoms with Crippen molar-refractivity contribution in [2.45, 2.75) is 26.1 Å². The number of furan rings is 1. The van der Waals surface area contributed by atoms with E-state index in [1.54, 1.807) is 24.3 Å². The van der Waals surface area contributed by atoms with Crippen molar-refractivity contribution in [3.8, 4) is 11.3 Å². The smallest absolute Gasteiger partial charge is 0.416 e. The number of carbonyl (C=O) groups is 2. The average molecular weight is 505 g/mol. The standard InChI is InChI=1S/C29H23F3N2O3/c1-18-2-4-21(5-3-18)28(36)34-15-14-25-22(17-34)16-26(37-25)19-8-12-24(13-9-19)33-27(35)20-6-10-23(11-7-20)29(30,31)32/h2-13,16H,14-15,17H2,1H3,(H,33,35). The van der Waals surface area contributed by atoms with E-state index in [0.29, 0.717) is 36.5 Å². The molecule has 37 heavy (non-hydrogen) atoms. The number of rotatable bonds is 4. The van der Waals surface area contributed by atoms with Crippen LogP contribution in [0.3, 0.4) is 0 Å². The third kappa shape index (κ3) is 5.28. The monoisotopic (exact) mass is 504 g/mol. The first-order valence-electron chi connectivity index (χ1n) is 11.7. The van der Waals surface area contributed by atoms with Crippen molar-refractivity contribution >= 4 is 17.5 Å². The Bertz CT molecular complexity index is 1440. The molecule has 0 fully saturated rings. The first kappa shape index (κ1) is 24.4. The van der Waals surface area contributed by atoms with Gasteiger partial charge in [0.25, 0.3) is 11.8 Å². The molecule has 0 saturated heterocycles. The summed E-state index contributed by atoms with van der Waals surface area (Å²) in [6.45, 7) is 3.02. The number of anilines is 1. The zero-order valence-corrected chi connectivity index (χ0v) is 19.9. The number of benzene rings is 3. The first-order chi connectivity index (χ1) is 17.7. The molecule has 0 atom stereocenters. The van der Waals surface area contributed by atoms with Crippen molar-refractivity contribution in [2.75, 3.05) is 11.9 Å². The van der Waals surface area contributed by atoms with Gasteiger partial charge in [-0.3, -0.25) is 9.59 Å². The van der Waals surface area contributed by atoms with Crippen LogP contribution in [0.1, 0.15) is 43.2 Å². The number of amides is 2. The predicted molar refractivity (Wildman–Crippen MR) is 133 cm³/mol. The normalized spacial score (nSPS) is 13.2. The van der Waals surface area contributed by atoms with Gasteiger partial charge in [0, 0.05) is 47.5 Å². The van der Waals surface area contributed by atoms with E-state index in [0.717, 1.165) is 46.7 Å². The summed E-state index contributed by atoms with van der Waals surface area (Å²) in [6.07, 6.45) is -3.83. The zero-order chi connectivity index (χ0) is 26.2. The Morgan fingerprint density at radius 1 is 0.892 bits per heavy atom. The topological polar surface area (TPSA) is 62.6 Å².